The molecule has 0 aliphatic rings. The number of carbonyl (C=O) groups excluding carboxylic acids is 1. The Labute approximate surface area is 136 Å². The number of nitrogens with zero attached hydrogens (tertiary/aromatic N) is 3. The van der Waals surface area contributed by atoms with Crippen LogP contribution >= 0.6 is 11.3 Å². The zero-order chi connectivity index (χ0) is 16.2. The molecule has 0 radical (unpaired) electrons. The summed E-state index contributed by atoms with van der Waals surface area (Å²) in [6.07, 6.45) is 1.26. The highest BCUT2D eigenvalue weighted by molar-refractivity contribution is 7.09. The molecule has 0 fully saturated rings. The Morgan fingerprint density at radius 2 is 2.22 bits per heavy atom. The average Bonchev–Trinajstić information content (AvgIpc) is 3.27. The second-order valence-corrected chi connectivity index (χ2v) is 5.95. The van der Waals surface area contributed by atoms with Gasteiger partial charge in [0.2, 0.25) is 11.7 Å². The molecular weight excluding hydrogens is 316 g/mol. The van der Waals surface area contributed by atoms with Crippen molar-refractivity contribution in [1.29, 1.82) is 0 Å². The minimum atomic E-state index is -0.340. The third kappa shape index (κ3) is 3.65. The molecule has 3 aromatic heterocycles. The molecule has 0 aromatic carbocycles. The molecule has 7 nitrogen and oxygen atoms in total. The molecule has 0 aliphatic heterocycles. The number of aryl methyl sites for hydroxylation is 2. The van der Waals surface area contributed by atoms with Crippen molar-refractivity contribution in [2.75, 3.05) is 0 Å². The van der Waals surface area contributed by atoms with Crippen molar-refractivity contribution in [2.24, 2.45) is 0 Å². The second kappa shape index (κ2) is 6.74. The van der Waals surface area contributed by atoms with Gasteiger partial charge in [-0.1, -0.05) is 18.1 Å². The molecule has 3 rings (SSSR count). The van der Waals surface area contributed by atoms with Crippen LogP contribution in [0.2, 0.25) is 0 Å². The maximum Gasteiger partial charge on any atom is 0.289 e. The lowest BCUT2D eigenvalue weighted by Gasteiger charge is -1.99. The summed E-state index contributed by atoms with van der Waals surface area (Å²) in [5.74, 6) is 1.38. The predicted molar refractivity (Wildman–Crippen MR) is 83.2 cm³/mol. The zero-order valence-corrected chi connectivity index (χ0v) is 13.6. The molecule has 1 amide bonds. The summed E-state index contributed by atoms with van der Waals surface area (Å²) in [6, 6.07) is 3.99. The highest BCUT2D eigenvalue weighted by Crippen LogP contribution is 2.13. The molecule has 1 N–H and O–H groups in total. The Balaban J connectivity index is 1.58. The normalized spacial score (nSPS) is 10.9. The van der Waals surface area contributed by atoms with Gasteiger partial charge in [0.05, 0.1) is 12.2 Å². The lowest BCUT2D eigenvalue weighted by molar-refractivity contribution is 0.0916. The number of rotatable bonds is 6. The summed E-state index contributed by atoms with van der Waals surface area (Å²) in [5, 5.41) is 8.61. The molecule has 0 aliphatic carbocycles. The van der Waals surface area contributed by atoms with E-state index in [-0.39, 0.29) is 18.2 Å². The van der Waals surface area contributed by atoms with Gasteiger partial charge in [-0.25, -0.2) is 4.98 Å². The zero-order valence-electron chi connectivity index (χ0n) is 12.8. The van der Waals surface area contributed by atoms with Crippen molar-refractivity contribution in [1.82, 2.24) is 20.4 Å². The van der Waals surface area contributed by atoms with Crippen molar-refractivity contribution in [3.63, 3.8) is 0 Å². The van der Waals surface area contributed by atoms with E-state index in [2.05, 4.69) is 20.4 Å². The van der Waals surface area contributed by atoms with Gasteiger partial charge in [0.15, 0.2) is 11.7 Å². The lowest BCUT2D eigenvalue weighted by Crippen LogP contribution is -2.23. The fourth-order valence-corrected chi connectivity index (χ4v) is 2.75. The first-order chi connectivity index (χ1) is 11.2. The molecule has 0 saturated heterocycles. The van der Waals surface area contributed by atoms with E-state index in [1.54, 1.807) is 18.3 Å². The Morgan fingerprint density at radius 3 is 2.91 bits per heavy atom. The Bertz CT molecular complexity index is 792. The van der Waals surface area contributed by atoms with Crippen LogP contribution in [-0.4, -0.2) is 21.0 Å². The van der Waals surface area contributed by atoms with Gasteiger partial charge in [0, 0.05) is 17.7 Å². The maximum absolute atomic E-state index is 12.1. The summed E-state index contributed by atoms with van der Waals surface area (Å²) >= 11 is 1.64. The summed E-state index contributed by atoms with van der Waals surface area (Å²) in [5.41, 5.74) is 0.572. The molecule has 3 heterocycles. The molecule has 3 aromatic rings. The molecule has 120 valence electrons. The largest absolute Gasteiger partial charge is 0.435 e. The van der Waals surface area contributed by atoms with Crippen LogP contribution in [0.15, 0.2) is 26.5 Å². The van der Waals surface area contributed by atoms with Crippen molar-refractivity contribution in [3.8, 4) is 0 Å². The number of aromatic nitrogens is 3. The van der Waals surface area contributed by atoms with Crippen molar-refractivity contribution in [2.45, 2.75) is 33.2 Å². The highest BCUT2D eigenvalue weighted by Gasteiger charge is 2.17. The van der Waals surface area contributed by atoms with Gasteiger partial charge in [-0.15, -0.1) is 11.3 Å². The summed E-state index contributed by atoms with van der Waals surface area (Å²) < 4.78 is 10.5. The standard InChI is InChI=1S/C15H16N4O3S/c1-3-12-17-9(2)14(21-12)15(20)16-8-13-18-11(19-22-13)7-10-5-4-6-23-10/h4-6H,3,7-8H2,1-2H3,(H,16,20). The molecule has 0 spiro atoms. The Kier molecular flexibility index (Phi) is 4.52. The van der Waals surface area contributed by atoms with Crippen LogP contribution in [0, 0.1) is 6.92 Å². The predicted octanol–water partition coefficient (Wildman–Crippen LogP) is 2.51. The van der Waals surface area contributed by atoms with E-state index >= 15 is 0 Å². The topological polar surface area (TPSA) is 94.1 Å². The first-order valence-electron chi connectivity index (χ1n) is 7.24. The van der Waals surface area contributed by atoms with Gasteiger partial charge in [-0.2, -0.15) is 4.98 Å². The van der Waals surface area contributed by atoms with Gasteiger partial charge < -0.3 is 14.3 Å². The summed E-state index contributed by atoms with van der Waals surface area (Å²) in [6.45, 7) is 3.81. The fourth-order valence-electron chi connectivity index (χ4n) is 2.05. The monoisotopic (exact) mass is 332 g/mol. The number of amides is 1. The van der Waals surface area contributed by atoms with Crippen LogP contribution in [0.25, 0.3) is 0 Å². The van der Waals surface area contributed by atoms with Crippen molar-refractivity contribution >= 4 is 17.2 Å². The van der Waals surface area contributed by atoms with E-state index in [0.717, 1.165) is 4.88 Å². The molecule has 23 heavy (non-hydrogen) atoms. The SMILES string of the molecule is CCc1nc(C)c(C(=O)NCc2nc(Cc3cccs3)no2)o1. The number of carbonyl (C=O) groups is 1. The van der Waals surface area contributed by atoms with E-state index in [0.29, 0.717) is 36.1 Å². The first kappa shape index (κ1) is 15.4. The second-order valence-electron chi connectivity index (χ2n) is 4.92. The summed E-state index contributed by atoms with van der Waals surface area (Å²) in [7, 11) is 0. The van der Waals surface area contributed by atoms with E-state index < -0.39 is 0 Å². The van der Waals surface area contributed by atoms with Gasteiger partial charge in [-0.3, -0.25) is 4.79 Å². The van der Waals surface area contributed by atoms with Gasteiger partial charge in [0.1, 0.15) is 0 Å². The van der Waals surface area contributed by atoms with Crippen LogP contribution in [0.3, 0.4) is 0 Å². The minimum Gasteiger partial charge on any atom is -0.435 e. The Hall–Kier alpha value is -2.48. The third-order valence-corrected chi connectivity index (χ3v) is 4.05. The average molecular weight is 332 g/mol. The van der Waals surface area contributed by atoms with Crippen LogP contribution in [0.5, 0.6) is 0 Å². The minimum absolute atomic E-state index is 0.151. The van der Waals surface area contributed by atoms with E-state index in [4.69, 9.17) is 8.94 Å². The number of hydrogen-bond donors (Lipinski definition) is 1. The van der Waals surface area contributed by atoms with E-state index in [1.807, 2.05) is 24.4 Å². The number of hydrogen-bond acceptors (Lipinski definition) is 7. The number of thiophene rings is 1. The van der Waals surface area contributed by atoms with E-state index in [1.165, 1.54) is 0 Å². The number of oxazole rings is 1. The van der Waals surface area contributed by atoms with Gasteiger partial charge >= 0.3 is 0 Å². The van der Waals surface area contributed by atoms with Crippen LogP contribution < -0.4 is 5.32 Å². The van der Waals surface area contributed by atoms with Gasteiger partial charge in [-0.05, 0) is 18.4 Å². The molecular formula is C15H16N4O3S. The molecule has 8 heteroatoms. The maximum atomic E-state index is 12.1. The molecule has 0 atom stereocenters. The first-order valence-corrected chi connectivity index (χ1v) is 8.12. The Morgan fingerprint density at radius 1 is 1.35 bits per heavy atom. The van der Waals surface area contributed by atoms with Crippen LogP contribution in [0.1, 0.15) is 45.7 Å². The van der Waals surface area contributed by atoms with Crippen molar-refractivity contribution < 1.29 is 13.7 Å². The molecule has 0 bridgehead atoms. The van der Waals surface area contributed by atoms with Gasteiger partial charge in [0.25, 0.3) is 5.91 Å². The lowest BCUT2D eigenvalue weighted by atomic mass is 10.3. The quantitative estimate of drug-likeness (QED) is 0.745. The van der Waals surface area contributed by atoms with Crippen LogP contribution in [-0.2, 0) is 19.4 Å². The summed E-state index contributed by atoms with van der Waals surface area (Å²) in [4.78, 5) is 21.7. The fraction of sp³-hybridized carbons (Fsp3) is 0.333. The van der Waals surface area contributed by atoms with Crippen molar-refractivity contribution in [3.05, 3.63) is 51.4 Å². The highest BCUT2D eigenvalue weighted by atomic mass is 32.1. The number of nitrogens with one attached hydrogen (secondary N) is 1. The van der Waals surface area contributed by atoms with E-state index in [9.17, 15) is 4.79 Å². The molecule has 0 unspecified atom stereocenters. The third-order valence-electron chi connectivity index (χ3n) is 3.17. The molecule has 0 saturated carbocycles. The van der Waals surface area contributed by atoms with Crippen LogP contribution in [0.4, 0.5) is 0 Å². The smallest absolute Gasteiger partial charge is 0.289 e.